The molecule has 17 heavy (non-hydrogen) atoms. The van der Waals surface area contributed by atoms with E-state index in [1.54, 1.807) is 13.0 Å². The van der Waals surface area contributed by atoms with Gasteiger partial charge in [0.05, 0.1) is 0 Å². The van der Waals surface area contributed by atoms with Crippen LogP contribution in [0.5, 0.6) is 5.75 Å². The van der Waals surface area contributed by atoms with Crippen LogP contribution in [0.3, 0.4) is 0 Å². The number of hydrogen-bond donors (Lipinski definition) is 1. The number of ether oxygens (including phenoxy) is 1. The Labute approximate surface area is 102 Å². The summed E-state index contributed by atoms with van der Waals surface area (Å²) in [6.45, 7) is 7.83. The zero-order valence-corrected chi connectivity index (χ0v) is 10.4. The first kappa shape index (κ1) is 13.3. The minimum absolute atomic E-state index is 0.135. The van der Waals surface area contributed by atoms with E-state index in [0.29, 0.717) is 12.3 Å². The van der Waals surface area contributed by atoms with Crippen LogP contribution in [0.15, 0.2) is 36.9 Å². The molecule has 1 aromatic carbocycles. The average Bonchev–Trinajstić information content (AvgIpc) is 2.36. The third-order valence-corrected chi connectivity index (χ3v) is 2.43. The van der Waals surface area contributed by atoms with Gasteiger partial charge in [0, 0.05) is 6.54 Å². The molecule has 1 aromatic rings. The van der Waals surface area contributed by atoms with Gasteiger partial charge in [-0.05, 0) is 31.0 Å². The van der Waals surface area contributed by atoms with E-state index in [1.165, 1.54) is 5.56 Å². The van der Waals surface area contributed by atoms with Crippen LogP contribution < -0.4 is 10.1 Å². The third-order valence-electron chi connectivity index (χ3n) is 2.43. The molecule has 92 valence electrons. The number of amides is 1. The zero-order valence-electron chi connectivity index (χ0n) is 10.4. The standard InChI is InChI=1S/C14H19NO2/c1-4-10-15-14(16)11(3)17-13-8-6-12(5-2)7-9-13/h4,6-9,11H,1,5,10H2,2-3H3,(H,15,16)/t11-/m1/s1. The van der Waals surface area contributed by atoms with Gasteiger partial charge in [-0.15, -0.1) is 6.58 Å². The van der Waals surface area contributed by atoms with Gasteiger partial charge in [-0.3, -0.25) is 4.79 Å². The molecule has 1 N–H and O–H groups in total. The maximum Gasteiger partial charge on any atom is 0.261 e. The van der Waals surface area contributed by atoms with Crippen molar-refractivity contribution in [2.75, 3.05) is 6.54 Å². The van der Waals surface area contributed by atoms with Crippen LogP contribution in [0.2, 0.25) is 0 Å². The fraction of sp³-hybridized carbons (Fsp3) is 0.357. The minimum Gasteiger partial charge on any atom is -0.481 e. The Morgan fingerprint density at radius 2 is 2.12 bits per heavy atom. The van der Waals surface area contributed by atoms with E-state index in [4.69, 9.17) is 4.74 Å². The molecule has 1 atom stereocenters. The van der Waals surface area contributed by atoms with Gasteiger partial charge >= 0.3 is 0 Å². The smallest absolute Gasteiger partial charge is 0.261 e. The van der Waals surface area contributed by atoms with Crippen LogP contribution in [-0.4, -0.2) is 18.6 Å². The van der Waals surface area contributed by atoms with Gasteiger partial charge in [-0.25, -0.2) is 0 Å². The molecule has 0 radical (unpaired) electrons. The molecule has 0 heterocycles. The van der Waals surface area contributed by atoms with E-state index < -0.39 is 6.10 Å². The Bertz CT molecular complexity index is 370. The monoisotopic (exact) mass is 233 g/mol. The van der Waals surface area contributed by atoms with Gasteiger partial charge in [0.2, 0.25) is 0 Å². The summed E-state index contributed by atoms with van der Waals surface area (Å²) in [6.07, 6.45) is 2.14. The molecule has 0 aliphatic rings. The molecule has 0 saturated heterocycles. The van der Waals surface area contributed by atoms with Crippen molar-refractivity contribution in [2.24, 2.45) is 0 Å². The van der Waals surface area contributed by atoms with E-state index in [9.17, 15) is 4.79 Å². The first-order valence-corrected chi connectivity index (χ1v) is 5.81. The Kier molecular flexibility index (Phi) is 5.27. The summed E-state index contributed by atoms with van der Waals surface area (Å²) in [5, 5.41) is 2.69. The molecule has 1 rings (SSSR count). The quantitative estimate of drug-likeness (QED) is 0.766. The van der Waals surface area contributed by atoms with Crippen molar-refractivity contribution in [3.8, 4) is 5.75 Å². The number of hydrogen-bond acceptors (Lipinski definition) is 2. The molecular weight excluding hydrogens is 214 g/mol. The fourth-order valence-corrected chi connectivity index (χ4v) is 1.38. The van der Waals surface area contributed by atoms with Crippen LogP contribution in [-0.2, 0) is 11.2 Å². The molecule has 3 nitrogen and oxygen atoms in total. The van der Waals surface area contributed by atoms with Gasteiger partial charge in [0.15, 0.2) is 6.10 Å². The summed E-state index contributed by atoms with van der Waals surface area (Å²) in [5.74, 6) is 0.577. The van der Waals surface area contributed by atoms with Gasteiger partial charge in [0.1, 0.15) is 5.75 Å². The molecule has 0 bridgehead atoms. The highest BCUT2D eigenvalue weighted by Gasteiger charge is 2.13. The predicted octanol–water partition coefficient (Wildman–Crippen LogP) is 2.32. The Balaban J connectivity index is 2.51. The van der Waals surface area contributed by atoms with Crippen molar-refractivity contribution in [1.29, 1.82) is 0 Å². The van der Waals surface area contributed by atoms with Crippen LogP contribution in [0, 0.1) is 0 Å². The summed E-state index contributed by atoms with van der Waals surface area (Å²) >= 11 is 0. The van der Waals surface area contributed by atoms with E-state index in [-0.39, 0.29) is 5.91 Å². The number of benzene rings is 1. The van der Waals surface area contributed by atoms with Crippen molar-refractivity contribution in [2.45, 2.75) is 26.4 Å². The first-order valence-electron chi connectivity index (χ1n) is 5.81. The number of rotatable bonds is 6. The molecular formula is C14H19NO2. The summed E-state index contributed by atoms with van der Waals surface area (Å²) < 4.78 is 5.53. The van der Waals surface area contributed by atoms with E-state index in [2.05, 4.69) is 18.8 Å². The minimum atomic E-state index is -0.498. The lowest BCUT2D eigenvalue weighted by atomic mass is 10.2. The Morgan fingerprint density at radius 1 is 1.47 bits per heavy atom. The molecule has 0 unspecified atom stereocenters. The molecule has 1 amide bonds. The maximum atomic E-state index is 11.5. The highest BCUT2D eigenvalue weighted by molar-refractivity contribution is 5.80. The van der Waals surface area contributed by atoms with E-state index >= 15 is 0 Å². The molecule has 0 spiro atoms. The van der Waals surface area contributed by atoms with Crippen molar-refractivity contribution >= 4 is 5.91 Å². The topological polar surface area (TPSA) is 38.3 Å². The van der Waals surface area contributed by atoms with Gasteiger partial charge < -0.3 is 10.1 Å². The molecule has 0 aliphatic heterocycles. The molecule has 3 heteroatoms. The van der Waals surface area contributed by atoms with Gasteiger partial charge in [-0.1, -0.05) is 25.1 Å². The normalized spacial score (nSPS) is 11.6. The fourth-order valence-electron chi connectivity index (χ4n) is 1.38. The van der Waals surface area contributed by atoms with Crippen LogP contribution in [0.25, 0.3) is 0 Å². The first-order chi connectivity index (χ1) is 8.17. The second-order valence-electron chi connectivity index (χ2n) is 3.79. The lowest BCUT2D eigenvalue weighted by molar-refractivity contribution is -0.127. The largest absolute Gasteiger partial charge is 0.481 e. The van der Waals surface area contributed by atoms with Crippen LogP contribution in [0.4, 0.5) is 0 Å². The van der Waals surface area contributed by atoms with Crippen LogP contribution in [0.1, 0.15) is 19.4 Å². The number of aryl methyl sites for hydroxylation is 1. The zero-order chi connectivity index (χ0) is 12.7. The predicted molar refractivity (Wildman–Crippen MR) is 69.1 cm³/mol. The van der Waals surface area contributed by atoms with Gasteiger partial charge in [-0.2, -0.15) is 0 Å². The summed E-state index contributed by atoms with van der Waals surface area (Å²) in [7, 11) is 0. The maximum absolute atomic E-state index is 11.5. The summed E-state index contributed by atoms with van der Waals surface area (Å²) in [5.41, 5.74) is 1.25. The van der Waals surface area contributed by atoms with Crippen molar-refractivity contribution in [3.05, 3.63) is 42.5 Å². The summed E-state index contributed by atoms with van der Waals surface area (Å²) in [6, 6.07) is 7.78. The molecule has 0 fully saturated rings. The lowest BCUT2D eigenvalue weighted by Crippen LogP contribution is -2.36. The number of nitrogens with one attached hydrogen (secondary N) is 1. The second-order valence-corrected chi connectivity index (χ2v) is 3.79. The molecule has 0 aliphatic carbocycles. The third kappa shape index (κ3) is 4.31. The highest BCUT2D eigenvalue weighted by atomic mass is 16.5. The van der Waals surface area contributed by atoms with Gasteiger partial charge in [0.25, 0.3) is 5.91 Å². The van der Waals surface area contributed by atoms with Crippen molar-refractivity contribution < 1.29 is 9.53 Å². The van der Waals surface area contributed by atoms with E-state index in [0.717, 1.165) is 6.42 Å². The Morgan fingerprint density at radius 3 is 2.65 bits per heavy atom. The SMILES string of the molecule is C=CCNC(=O)[C@@H](C)Oc1ccc(CC)cc1. The van der Waals surface area contributed by atoms with Crippen molar-refractivity contribution in [1.82, 2.24) is 5.32 Å². The van der Waals surface area contributed by atoms with Crippen LogP contribution >= 0.6 is 0 Å². The Hall–Kier alpha value is -1.77. The number of carbonyl (C=O) groups excluding carboxylic acids is 1. The highest BCUT2D eigenvalue weighted by Crippen LogP contribution is 2.14. The second kappa shape index (κ2) is 6.74. The number of carbonyl (C=O) groups is 1. The van der Waals surface area contributed by atoms with Crippen molar-refractivity contribution in [3.63, 3.8) is 0 Å². The summed E-state index contributed by atoms with van der Waals surface area (Å²) in [4.78, 5) is 11.5. The molecule has 0 saturated carbocycles. The molecule has 0 aromatic heterocycles. The lowest BCUT2D eigenvalue weighted by Gasteiger charge is -2.14. The van der Waals surface area contributed by atoms with E-state index in [1.807, 2.05) is 24.3 Å². The average molecular weight is 233 g/mol.